The minimum atomic E-state index is -0.878. The topological polar surface area (TPSA) is 61.6 Å². The lowest BCUT2D eigenvalue weighted by atomic mass is 10.0. The Morgan fingerprint density at radius 1 is 1.33 bits per heavy atom. The molecular weight excluding hydrogens is 194 g/mol. The van der Waals surface area contributed by atoms with Gasteiger partial charge in [-0.05, 0) is 27.2 Å². The van der Waals surface area contributed by atoms with Gasteiger partial charge in [-0.2, -0.15) is 0 Å². The number of carbonyl (C=O) groups is 1. The quantitative estimate of drug-likeness (QED) is 0.684. The lowest BCUT2D eigenvalue weighted by molar-refractivity contribution is -0.151. The second-order valence-electron chi connectivity index (χ2n) is 4.62. The molecule has 0 saturated carbocycles. The minimum absolute atomic E-state index is 0.266. The van der Waals surface area contributed by atoms with Crippen molar-refractivity contribution in [2.45, 2.75) is 51.7 Å². The van der Waals surface area contributed by atoms with Crippen molar-refractivity contribution in [3.8, 4) is 0 Å². The van der Waals surface area contributed by atoms with Crippen LogP contribution in [-0.2, 0) is 14.3 Å². The van der Waals surface area contributed by atoms with Crippen LogP contribution >= 0.6 is 0 Å². The summed E-state index contributed by atoms with van der Waals surface area (Å²) in [5.41, 5.74) is 4.59. The lowest BCUT2D eigenvalue weighted by Crippen LogP contribution is -2.45. The molecule has 15 heavy (non-hydrogen) atoms. The van der Waals surface area contributed by atoms with Gasteiger partial charge >= 0.3 is 5.97 Å². The van der Waals surface area contributed by atoms with Gasteiger partial charge in [0, 0.05) is 13.5 Å². The molecule has 0 aromatic carbocycles. The van der Waals surface area contributed by atoms with Crippen LogP contribution in [0.25, 0.3) is 0 Å². The van der Waals surface area contributed by atoms with Gasteiger partial charge in [0.25, 0.3) is 0 Å². The average Bonchev–Trinajstić information content (AvgIpc) is 2.17. The van der Waals surface area contributed by atoms with Gasteiger partial charge in [-0.15, -0.1) is 0 Å². The standard InChI is InChI=1S/C11H23NO3/c1-6-11(4,12)9(13)15-8-7-10(2,3)14-5/h6-8,12H2,1-5H3. The molecule has 0 heterocycles. The first kappa shape index (κ1) is 14.4. The van der Waals surface area contributed by atoms with Crippen molar-refractivity contribution < 1.29 is 14.3 Å². The summed E-state index contributed by atoms with van der Waals surface area (Å²) in [6.45, 7) is 7.77. The fourth-order valence-electron chi connectivity index (χ4n) is 0.801. The molecule has 0 spiro atoms. The molecule has 0 rings (SSSR count). The molecule has 0 fully saturated rings. The molecule has 0 radical (unpaired) electrons. The van der Waals surface area contributed by atoms with Crippen LogP contribution in [0, 0.1) is 0 Å². The van der Waals surface area contributed by atoms with E-state index in [-0.39, 0.29) is 11.6 Å². The van der Waals surface area contributed by atoms with Crippen molar-refractivity contribution in [2.24, 2.45) is 5.73 Å². The number of nitrogens with two attached hydrogens (primary N) is 1. The molecule has 0 aromatic heterocycles. The zero-order valence-electron chi connectivity index (χ0n) is 10.4. The fourth-order valence-corrected chi connectivity index (χ4v) is 0.801. The van der Waals surface area contributed by atoms with E-state index in [0.29, 0.717) is 19.4 Å². The van der Waals surface area contributed by atoms with Gasteiger partial charge in [0.05, 0.1) is 12.2 Å². The van der Waals surface area contributed by atoms with E-state index >= 15 is 0 Å². The summed E-state index contributed by atoms with van der Waals surface area (Å²) in [4.78, 5) is 11.5. The van der Waals surface area contributed by atoms with Crippen LogP contribution in [0.15, 0.2) is 0 Å². The second-order valence-corrected chi connectivity index (χ2v) is 4.62. The van der Waals surface area contributed by atoms with Crippen LogP contribution < -0.4 is 5.73 Å². The summed E-state index contributed by atoms with van der Waals surface area (Å²) in [6, 6.07) is 0. The molecule has 1 atom stereocenters. The predicted molar refractivity (Wildman–Crippen MR) is 59.5 cm³/mol. The Morgan fingerprint density at radius 2 is 1.87 bits per heavy atom. The largest absolute Gasteiger partial charge is 0.464 e. The molecule has 0 aliphatic rings. The molecule has 4 heteroatoms. The Labute approximate surface area is 92.1 Å². The van der Waals surface area contributed by atoms with E-state index in [9.17, 15) is 4.79 Å². The number of carbonyl (C=O) groups excluding carboxylic acids is 1. The summed E-state index contributed by atoms with van der Waals surface area (Å²) in [5.74, 6) is -0.350. The van der Waals surface area contributed by atoms with Crippen molar-refractivity contribution in [1.82, 2.24) is 0 Å². The molecule has 0 aromatic rings. The Balaban J connectivity index is 3.93. The van der Waals surface area contributed by atoms with Gasteiger partial charge in [-0.25, -0.2) is 0 Å². The molecule has 1 unspecified atom stereocenters. The van der Waals surface area contributed by atoms with Crippen molar-refractivity contribution in [3.05, 3.63) is 0 Å². The summed E-state index contributed by atoms with van der Waals surface area (Å²) in [6.07, 6.45) is 1.23. The Kier molecular flexibility index (Phi) is 5.24. The van der Waals surface area contributed by atoms with Crippen LogP contribution in [0.1, 0.15) is 40.5 Å². The van der Waals surface area contributed by atoms with Gasteiger partial charge in [0.2, 0.25) is 0 Å². The SMILES string of the molecule is CCC(C)(N)C(=O)OCCC(C)(C)OC. The van der Waals surface area contributed by atoms with E-state index in [1.54, 1.807) is 14.0 Å². The van der Waals surface area contributed by atoms with Gasteiger partial charge < -0.3 is 15.2 Å². The molecule has 0 aliphatic heterocycles. The van der Waals surface area contributed by atoms with Crippen molar-refractivity contribution in [2.75, 3.05) is 13.7 Å². The maximum absolute atomic E-state index is 11.5. The zero-order chi connectivity index (χ0) is 12.1. The van der Waals surface area contributed by atoms with E-state index < -0.39 is 5.54 Å². The summed E-state index contributed by atoms with van der Waals surface area (Å²) in [7, 11) is 1.64. The molecule has 90 valence electrons. The van der Waals surface area contributed by atoms with Crippen LogP contribution in [0.5, 0.6) is 0 Å². The van der Waals surface area contributed by atoms with E-state index in [1.165, 1.54) is 0 Å². The van der Waals surface area contributed by atoms with E-state index in [0.717, 1.165) is 0 Å². The summed E-state index contributed by atoms with van der Waals surface area (Å²) < 4.78 is 10.3. The van der Waals surface area contributed by atoms with Gasteiger partial charge in [-0.3, -0.25) is 4.79 Å². The highest BCUT2D eigenvalue weighted by Gasteiger charge is 2.28. The normalized spacial score (nSPS) is 15.9. The molecular formula is C11H23NO3. The van der Waals surface area contributed by atoms with Crippen LogP contribution in [0.4, 0.5) is 0 Å². The fraction of sp³-hybridized carbons (Fsp3) is 0.909. The van der Waals surface area contributed by atoms with E-state index in [2.05, 4.69) is 0 Å². The van der Waals surface area contributed by atoms with Gasteiger partial charge in [0.15, 0.2) is 0 Å². The zero-order valence-corrected chi connectivity index (χ0v) is 10.4. The maximum Gasteiger partial charge on any atom is 0.325 e. The van der Waals surface area contributed by atoms with Crippen molar-refractivity contribution in [3.63, 3.8) is 0 Å². The third-order valence-corrected chi connectivity index (χ3v) is 2.69. The van der Waals surface area contributed by atoms with Crippen molar-refractivity contribution in [1.29, 1.82) is 0 Å². The summed E-state index contributed by atoms with van der Waals surface area (Å²) >= 11 is 0. The van der Waals surface area contributed by atoms with Crippen LogP contribution in [0.3, 0.4) is 0 Å². The average molecular weight is 217 g/mol. The predicted octanol–water partition coefficient (Wildman–Crippen LogP) is 1.47. The highest BCUT2D eigenvalue weighted by atomic mass is 16.5. The van der Waals surface area contributed by atoms with Crippen LogP contribution in [-0.4, -0.2) is 30.8 Å². The molecule has 0 aliphatic carbocycles. The molecule has 2 N–H and O–H groups in total. The highest BCUT2D eigenvalue weighted by Crippen LogP contribution is 2.14. The first-order chi connectivity index (χ1) is 6.75. The smallest absolute Gasteiger partial charge is 0.325 e. The number of methoxy groups -OCH3 is 1. The maximum atomic E-state index is 11.5. The highest BCUT2D eigenvalue weighted by molar-refractivity contribution is 5.79. The monoisotopic (exact) mass is 217 g/mol. The first-order valence-electron chi connectivity index (χ1n) is 5.26. The van der Waals surface area contributed by atoms with E-state index in [1.807, 2.05) is 20.8 Å². The lowest BCUT2D eigenvalue weighted by Gasteiger charge is -2.24. The molecule has 4 nitrogen and oxygen atoms in total. The van der Waals surface area contributed by atoms with Gasteiger partial charge in [0.1, 0.15) is 5.54 Å². The Hall–Kier alpha value is -0.610. The summed E-state index contributed by atoms with van der Waals surface area (Å²) in [5, 5.41) is 0. The first-order valence-corrected chi connectivity index (χ1v) is 5.26. The number of rotatable bonds is 6. The minimum Gasteiger partial charge on any atom is -0.464 e. The number of hydrogen-bond donors (Lipinski definition) is 1. The molecule has 0 bridgehead atoms. The number of ether oxygens (including phenoxy) is 2. The second kappa shape index (κ2) is 5.47. The van der Waals surface area contributed by atoms with E-state index in [4.69, 9.17) is 15.2 Å². The Morgan fingerprint density at radius 3 is 2.27 bits per heavy atom. The Bertz CT molecular complexity index is 212. The molecule has 0 amide bonds. The number of hydrogen-bond acceptors (Lipinski definition) is 4. The van der Waals surface area contributed by atoms with Crippen molar-refractivity contribution >= 4 is 5.97 Å². The van der Waals surface area contributed by atoms with Crippen LogP contribution in [0.2, 0.25) is 0 Å². The third kappa shape index (κ3) is 5.14. The third-order valence-electron chi connectivity index (χ3n) is 2.69. The van der Waals surface area contributed by atoms with Gasteiger partial charge in [-0.1, -0.05) is 6.92 Å². The molecule has 0 saturated heterocycles. The number of esters is 1.